The number of pyridine rings is 1. The molecule has 1 amide bonds. The SMILES string of the molecule is O=C(Cc1cccnc1)N1CCN(CCc2ccc(Oc3nc4ccccc4s3)cc2)CC1. The maximum atomic E-state index is 12.5. The number of amides is 1. The van der Waals surface area contributed by atoms with Crippen LogP contribution in [0.4, 0.5) is 0 Å². The van der Waals surface area contributed by atoms with Crippen molar-refractivity contribution in [1.82, 2.24) is 19.8 Å². The number of nitrogens with zero attached hydrogens (tertiary/aromatic N) is 4. The van der Waals surface area contributed by atoms with Crippen LogP contribution in [0.15, 0.2) is 73.1 Å². The maximum Gasteiger partial charge on any atom is 0.279 e. The van der Waals surface area contributed by atoms with Crippen molar-refractivity contribution in [3.05, 3.63) is 84.2 Å². The van der Waals surface area contributed by atoms with Crippen molar-refractivity contribution in [1.29, 1.82) is 0 Å². The van der Waals surface area contributed by atoms with Crippen molar-refractivity contribution >= 4 is 27.5 Å². The van der Waals surface area contributed by atoms with Crippen LogP contribution in [0.2, 0.25) is 0 Å². The lowest BCUT2D eigenvalue weighted by Crippen LogP contribution is -2.49. The molecule has 7 heteroatoms. The minimum absolute atomic E-state index is 0.186. The third-order valence-corrected chi connectivity index (χ3v) is 6.84. The molecule has 2 aromatic carbocycles. The fourth-order valence-electron chi connectivity index (χ4n) is 4.02. The zero-order valence-corrected chi connectivity index (χ0v) is 19.2. The van der Waals surface area contributed by atoms with E-state index in [9.17, 15) is 4.79 Å². The Kier molecular flexibility index (Phi) is 6.60. The number of para-hydroxylation sites is 1. The number of ether oxygens (including phenoxy) is 1. The van der Waals surface area contributed by atoms with Gasteiger partial charge >= 0.3 is 0 Å². The summed E-state index contributed by atoms with van der Waals surface area (Å²) in [5.41, 5.74) is 3.22. The molecule has 1 fully saturated rings. The fourth-order valence-corrected chi connectivity index (χ4v) is 4.85. The molecule has 1 saturated heterocycles. The molecule has 33 heavy (non-hydrogen) atoms. The van der Waals surface area contributed by atoms with Crippen molar-refractivity contribution in [3.8, 4) is 10.9 Å². The minimum Gasteiger partial charge on any atom is -0.431 e. The van der Waals surface area contributed by atoms with Crippen molar-refractivity contribution in [2.75, 3.05) is 32.7 Å². The molecule has 0 spiro atoms. The molecule has 1 aliphatic heterocycles. The highest BCUT2D eigenvalue weighted by molar-refractivity contribution is 7.20. The molecule has 0 bridgehead atoms. The van der Waals surface area contributed by atoms with E-state index in [2.05, 4.69) is 33.1 Å². The molecule has 0 N–H and O–H groups in total. The van der Waals surface area contributed by atoms with Crippen molar-refractivity contribution in [2.24, 2.45) is 0 Å². The minimum atomic E-state index is 0.186. The summed E-state index contributed by atoms with van der Waals surface area (Å²) >= 11 is 1.56. The largest absolute Gasteiger partial charge is 0.431 e. The van der Waals surface area contributed by atoms with Gasteiger partial charge in [0.15, 0.2) is 0 Å². The van der Waals surface area contributed by atoms with Gasteiger partial charge in [-0.1, -0.05) is 41.7 Å². The second kappa shape index (κ2) is 10.1. The summed E-state index contributed by atoms with van der Waals surface area (Å²) < 4.78 is 7.07. The quantitative estimate of drug-likeness (QED) is 0.411. The predicted molar refractivity (Wildman–Crippen MR) is 131 cm³/mol. The number of hydrogen-bond acceptors (Lipinski definition) is 6. The number of hydrogen-bond donors (Lipinski definition) is 0. The van der Waals surface area contributed by atoms with Gasteiger partial charge in [-0.25, -0.2) is 4.98 Å². The number of aromatic nitrogens is 2. The first-order valence-electron chi connectivity index (χ1n) is 11.2. The second-order valence-electron chi connectivity index (χ2n) is 8.20. The van der Waals surface area contributed by atoms with Gasteiger partial charge in [0.2, 0.25) is 5.91 Å². The molecule has 168 valence electrons. The van der Waals surface area contributed by atoms with E-state index in [4.69, 9.17) is 4.74 Å². The van der Waals surface area contributed by atoms with E-state index in [-0.39, 0.29) is 5.91 Å². The van der Waals surface area contributed by atoms with Gasteiger partial charge in [-0.3, -0.25) is 14.7 Å². The van der Waals surface area contributed by atoms with Crippen LogP contribution in [0.1, 0.15) is 11.1 Å². The molecule has 0 unspecified atom stereocenters. The molecule has 0 saturated carbocycles. The molecule has 0 atom stereocenters. The monoisotopic (exact) mass is 458 g/mol. The van der Waals surface area contributed by atoms with Crippen LogP contribution in [-0.4, -0.2) is 58.4 Å². The molecule has 3 heterocycles. The van der Waals surface area contributed by atoms with E-state index in [0.717, 1.165) is 60.7 Å². The van der Waals surface area contributed by atoms with E-state index in [1.54, 1.807) is 23.7 Å². The lowest BCUT2D eigenvalue weighted by Gasteiger charge is -2.34. The highest BCUT2D eigenvalue weighted by Gasteiger charge is 2.21. The van der Waals surface area contributed by atoms with Crippen molar-refractivity contribution in [3.63, 3.8) is 0 Å². The molecular weight excluding hydrogens is 432 g/mol. The van der Waals surface area contributed by atoms with Crippen molar-refractivity contribution < 1.29 is 9.53 Å². The van der Waals surface area contributed by atoms with Crippen LogP contribution in [0.25, 0.3) is 10.2 Å². The normalized spacial score (nSPS) is 14.5. The van der Waals surface area contributed by atoms with E-state index in [1.165, 1.54) is 5.56 Å². The number of fused-ring (bicyclic) bond motifs is 1. The number of thiazole rings is 1. The topological polar surface area (TPSA) is 58.6 Å². The lowest BCUT2D eigenvalue weighted by molar-refractivity contribution is -0.132. The Morgan fingerprint density at radius 3 is 2.52 bits per heavy atom. The Labute approximate surface area is 197 Å². The van der Waals surface area contributed by atoms with Crippen LogP contribution in [0, 0.1) is 0 Å². The first-order chi connectivity index (χ1) is 16.2. The summed E-state index contributed by atoms with van der Waals surface area (Å²) in [5.74, 6) is 0.991. The van der Waals surface area contributed by atoms with E-state index < -0.39 is 0 Å². The Hall–Kier alpha value is -3.29. The summed E-state index contributed by atoms with van der Waals surface area (Å²) in [6.45, 7) is 4.39. The van der Waals surface area contributed by atoms with Gasteiger partial charge in [0.1, 0.15) is 5.75 Å². The first-order valence-corrected chi connectivity index (χ1v) is 12.1. The van der Waals surface area contributed by atoms with Crippen LogP contribution in [0.3, 0.4) is 0 Å². The van der Waals surface area contributed by atoms with Gasteiger partial charge in [0, 0.05) is 45.1 Å². The summed E-state index contributed by atoms with van der Waals surface area (Å²) in [6, 6.07) is 20.1. The number of carbonyl (C=O) groups is 1. The highest BCUT2D eigenvalue weighted by atomic mass is 32.1. The smallest absolute Gasteiger partial charge is 0.279 e. The van der Waals surface area contributed by atoms with Crippen LogP contribution >= 0.6 is 11.3 Å². The Morgan fingerprint density at radius 2 is 1.76 bits per heavy atom. The summed E-state index contributed by atoms with van der Waals surface area (Å²) in [6.07, 6.45) is 4.91. The second-order valence-corrected chi connectivity index (χ2v) is 9.20. The lowest BCUT2D eigenvalue weighted by atomic mass is 10.1. The van der Waals surface area contributed by atoms with E-state index in [1.807, 2.05) is 47.4 Å². The fraction of sp³-hybridized carbons (Fsp3) is 0.269. The van der Waals surface area contributed by atoms with E-state index >= 15 is 0 Å². The molecule has 4 aromatic rings. The average molecular weight is 459 g/mol. The predicted octanol–water partition coefficient (Wildman–Crippen LogP) is 4.41. The third-order valence-electron chi connectivity index (χ3n) is 5.92. The summed E-state index contributed by atoms with van der Waals surface area (Å²) in [4.78, 5) is 25.6. The van der Waals surface area contributed by atoms with Crippen LogP contribution in [-0.2, 0) is 17.6 Å². The molecule has 1 aliphatic rings. The standard InChI is InChI=1S/C26H26N4O2S/c31-25(18-21-4-3-12-27-19-21)30-16-14-29(15-17-30)13-11-20-7-9-22(10-8-20)32-26-28-23-5-1-2-6-24(23)33-26/h1-10,12,19H,11,13-18H2. The molecule has 0 radical (unpaired) electrons. The van der Waals surface area contributed by atoms with Crippen molar-refractivity contribution in [2.45, 2.75) is 12.8 Å². The third kappa shape index (κ3) is 5.56. The highest BCUT2D eigenvalue weighted by Crippen LogP contribution is 2.31. The Bertz CT molecular complexity index is 1170. The first kappa shape index (κ1) is 21.6. The Balaban J connectivity index is 1.07. The molecular formula is C26H26N4O2S. The van der Waals surface area contributed by atoms with Gasteiger partial charge in [-0.05, 0) is 47.9 Å². The zero-order valence-electron chi connectivity index (χ0n) is 18.4. The molecule has 2 aromatic heterocycles. The molecule has 0 aliphatic carbocycles. The van der Waals surface area contributed by atoms with Crippen LogP contribution in [0.5, 0.6) is 10.9 Å². The Morgan fingerprint density at radius 1 is 0.939 bits per heavy atom. The maximum absolute atomic E-state index is 12.5. The van der Waals surface area contributed by atoms with Gasteiger partial charge in [0.25, 0.3) is 5.19 Å². The van der Waals surface area contributed by atoms with Gasteiger partial charge < -0.3 is 9.64 Å². The zero-order chi connectivity index (χ0) is 22.5. The van der Waals surface area contributed by atoms with Gasteiger partial charge in [0.05, 0.1) is 16.6 Å². The number of benzene rings is 2. The summed E-state index contributed by atoms with van der Waals surface area (Å²) in [5, 5.41) is 0.667. The van der Waals surface area contributed by atoms with E-state index in [0.29, 0.717) is 11.6 Å². The number of carbonyl (C=O) groups excluding carboxylic acids is 1. The average Bonchev–Trinajstić information content (AvgIpc) is 3.27. The number of rotatable bonds is 7. The summed E-state index contributed by atoms with van der Waals surface area (Å²) in [7, 11) is 0. The number of piperazine rings is 1. The molecule has 6 nitrogen and oxygen atoms in total. The molecule has 5 rings (SSSR count). The van der Waals surface area contributed by atoms with Crippen LogP contribution < -0.4 is 4.74 Å². The van der Waals surface area contributed by atoms with Gasteiger partial charge in [-0.2, -0.15) is 0 Å². The van der Waals surface area contributed by atoms with Gasteiger partial charge in [-0.15, -0.1) is 0 Å².